The third kappa shape index (κ3) is 5.52. The molecule has 0 fully saturated rings. The van der Waals surface area contributed by atoms with Crippen molar-refractivity contribution in [2.75, 3.05) is 21.0 Å². The van der Waals surface area contributed by atoms with Crippen LogP contribution in [0.3, 0.4) is 0 Å². The van der Waals surface area contributed by atoms with E-state index < -0.39 is 11.4 Å². The lowest BCUT2D eigenvalue weighted by atomic mass is 10.0. The second-order valence-electron chi connectivity index (χ2n) is 7.62. The predicted molar refractivity (Wildman–Crippen MR) is 132 cm³/mol. The average Bonchev–Trinajstić information content (AvgIpc) is 2.89. The van der Waals surface area contributed by atoms with Crippen molar-refractivity contribution in [3.63, 3.8) is 0 Å². The van der Waals surface area contributed by atoms with E-state index in [1.165, 1.54) is 37.2 Å². The third-order valence-corrected chi connectivity index (χ3v) is 5.10. The van der Waals surface area contributed by atoms with Crippen molar-refractivity contribution < 1.29 is 18.6 Å². The first-order valence-corrected chi connectivity index (χ1v) is 10.9. The number of hydrogen-bond acceptors (Lipinski definition) is 7. The minimum Gasteiger partial charge on any atom is -0.467 e. The molecule has 3 aromatic carbocycles. The molecule has 0 radical (unpaired) electrons. The summed E-state index contributed by atoms with van der Waals surface area (Å²) < 4.78 is 31.3. The largest absolute Gasteiger partial charge is 0.467 e. The summed E-state index contributed by atoms with van der Waals surface area (Å²) in [6.07, 6.45) is 1.39. The van der Waals surface area contributed by atoms with Crippen molar-refractivity contribution in [1.82, 2.24) is 14.7 Å². The molecule has 4 aromatic rings. The van der Waals surface area contributed by atoms with Crippen LogP contribution in [-0.2, 0) is 4.74 Å². The fourth-order valence-corrected chi connectivity index (χ4v) is 3.36. The summed E-state index contributed by atoms with van der Waals surface area (Å²) >= 11 is 0. The van der Waals surface area contributed by atoms with E-state index in [-0.39, 0.29) is 18.2 Å². The van der Waals surface area contributed by atoms with Gasteiger partial charge in [0.1, 0.15) is 29.5 Å². The molecule has 9 nitrogen and oxygen atoms in total. The monoisotopic (exact) mass is 488 g/mol. The van der Waals surface area contributed by atoms with E-state index in [4.69, 9.17) is 14.2 Å². The van der Waals surface area contributed by atoms with E-state index in [1.807, 2.05) is 19.1 Å². The van der Waals surface area contributed by atoms with Crippen molar-refractivity contribution >= 4 is 5.69 Å². The summed E-state index contributed by atoms with van der Waals surface area (Å²) in [4.78, 5) is 16.9. The zero-order valence-corrected chi connectivity index (χ0v) is 19.9. The molecule has 182 valence electrons. The number of halogens is 1. The van der Waals surface area contributed by atoms with Crippen LogP contribution in [0, 0.1) is 12.7 Å². The van der Waals surface area contributed by atoms with Gasteiger partial charge in [-0.2, -0.15) is 9.78 Å². The van der Waals surface area contributed by atoms with Gasteiger partial charge in [0.15, 0.2) is 11.9 Å². The molecule has 36 heavy (non-hydrogen) atoms. The van der Waals surface area contributed by atoms with E-state index in [2.05, 4.69) is 20.2 Å². The molecular formula is C26H23FN5O4+. The van der Waals surface area contributed by atoms with Crippen molar-refractivity contribution in [2.24, 2.45) is 10.2 Å². The van der Waals surface area contributed by atoms with E-state index in [0.717, 1.165) is 11.1 Å². The molecule has 0 bridgehead atoms. The minimum atomic E-state index is -0.510. The number of ether oxygens (including phenoxy) is 3. The Bertz CT molecular complexity index is 1480. The smallest absolute Gasteiger partial charge is 0.317 e. The molecule has 0 amide bonds. The fourth-order valence-electron chi connectivity index (χ4n) is 3.36. The van der Waals surface area contributed by atoms with Gasteiger partial charge in [-0.25, -0.2) is 4.39 Å². The third-order valence-electron chi connectivity index (χ3n) is 5.10. The Morgan fingerprint density at radius 3 is 2.50 bits per heavy atom. The highest BCUT2D eigenvalue weighted by Crippen LogP contribution is 2.33. The molecule has 1 heterocycles. The topological polar surface area (TPSA) is 101 Å². The van der Waals surface area contributed by atoms with Crippen LogP contribution in [0.2, 0.25) is 0 Å². The summed E-state index contributed by atoms with van der Waals surface area (Å²) in [5.74, 6) is 0.236. The van der Waals surface area contributed by atoms with Gasteiger partial charge in [0.25, 0.3) is 0 Å². The second-order valence-corrected chi connectivity index (χ2v) is 7.62. The molecule has 0 spiro atoms. The molecule has 0 aliphatic rings. The SMILES string of the molecule is CN=[N+]=Nc1cnn(-c2ccc(C)cc2)c(=O)c1Oc1ccc(-c2ccc(F)cc2OCOC)cc1. The number of methoxy groups -OCH3 is 1. The van der Waals surface area contributed by atoms with E-state index in [9.17, 15) is 9.18 Å². The summed E-state index contributed by atoms with van der Waals surface area (Å²) in [7, 11) is 2.95. The number of rotatable bonds is 8. The van der Waals surface area contributed by atoms with Crippen LogP contribution in [-0.4, -0.2) is 30.7 Å². The lowest BCUT2D eigenvalue weighted by Crippen LogP contribution is -2.22. The Morgan fingerprint density at radius 1 is 1.06 bits per heavy atom. The lowest BCUT2D eigenvalue weighted by molar-refractivity contribution is 0.0513. The van der Waals surface area contributed by atoms with Crippen molar-refractivity contribution in [3.05, 3.63) is 94.7 Å². The highest BCUT2D eigenvalue weighted by atomic mass is 19.1. The number of aryl methyl sites for hydroxylation is 1. The molecular weight excluding hydrogens is 465 g/mol. The first-order chi connectivity index (χ1) is 17.5. The summed E-state index contributed by atoms with van der Waals surface area (Å²) in [5.41, 5.74) is 2.68. The summed E-state index contributed by atoms with van der Waals surface area (Å²) in [5, 5.41) is 11.7. The first-order valence-electron chi connectivity index (χ1n) is 10.9. The second kappa shape index (κ2) is 11.2. The van der Waals surface area contributed by atoms with E-state index in [1.54, 1.807) is 42.5 Å². The standard InChI is InChI=1S/C26H23FN5O4/c1-17-4-9-20(10-5-17)32-26(33)25(23(15-29-32)30-31-28-2)36-21-11-6-18(7-12-21)22-13-8-19(27)14-24(22)35-16-34-3/h4-15H,16H2,1-3H3/q+1. The number of hydrogen-bond donors (Lipinski definition) is 0. The van der Waals surface area contributed by atoms with Gasteiger partial charge in [0.2, 0.25) is 16.3 Å². The number of aromatic nitrogens is 2. The van der Waals surface area contributed by atoms with Gasteiger partial charge >= 0.3 is 5.56 Å². The van der Waals surface area contributed by atoms with E-state index >= 15 is 0 Å². The van der Waals surface area contributed by atoms with Crippen LogP contribution in [0.4, 0.5) is 10.1 Å². The van der Waals surface area contributed by atoms with Crippen LogP contribution in [0.5, 0.6) is 17.2 Å². The summed E-state index contributed by atoms with van der Waals surface area (Å²) in [6, 6.07) is 18.5. The Morgan fingerprint density at radius 2 is 1.81 bits per heavy atom. The highest BCUT2D eigenvalue weighted by molar-refractivity contribution is 5.71. The Hall–Kier alpha value is -4.66. The molecule has 0 unspecified atom stereocenters. The Kier molecular flexibility index (Phi) is 7.60. The maximum absolute atomic E-state index is 13.7. The molecule has 0 saturated heterocycles. The number of benzene rings is 3. The van der Waals surface area contributed by atoms with Crippen molar-refractivity contribution in [1.29, 1.82) is 0 Å². The van der Waals surface area contributed by atoms with Crippen molar-refractivity contribution in [2.45, 2.75) is 6.92 Å². The molecule has 0 atom stereocenters. The first kappa shape index (κ1) is 24.5. The van der Waals surface area contributed by atoms with Gasteiger partial charge < -0.3 is 14.2 Å². The van der Waals surface area contributed by atoms with Gasteiger partial charge in [0, 0.05) is 18.7 Å². The zero-order valence-electron chi connectivity index (χ0n) is 19.9. The normalized spacial score (nSPS) is 10.4. The van der Waals surface area contributed by atoms with E-state index in [0.29, 0.717) is 22.7 Å². The summed E-state index contributed by atoms with van der Waals surface area (Å²) in [6.45, 7) is 1.93. The average molecular weight is 488 g/mol. The van der Waals surface area contributed by atoms with Crippen LogP contribution >= 0.6 is 0 Å². The van der Waals surface area contributed by atoms with Crippen LogP contribution in [0.15, 0.2) is 87.9 Å². The maximum atomic E-state index is 13.7. The van der Waals surface area contributed by atoms with Gasteiger partial charge in [0.05, 0.1) is 11.9 Å². The zero-order chi connectivity index (χ0) is 25.5. The molecule has 1 aromatic heterocycles. The number of nitrogens with zero attached hydrogens (tertiary/aromatic N) is 5. The predicted octanol–water partition coefficient (Wildman–Crippen LogP) is 5.35. The molecule has 0 aliphatic heterocycles. The van der Waals surface area contributed by atoms with Crippen molar-refractivity contribution in [3.8, 4) is 34.1 Å². The highest BCUT2D eigenvalue weighted by Gasteiger charge is 2.18. The van der Waals surface area contributed by atoms with Crippen LogP contribution in [0.1, 0.15) is 5.56 Å². The fraction of sp³-hybridized carbons (Fsp3) is 0.154. The molecule has 0 saturated carbocycles. The Labute approximate surface area is 206 Å². The Balaban J connectivity index is 1.70. The molecule has 4 rings (SSSR count). The minimum absolute atomic E-state index is 0.0195. The van der Waals surface area contributed by atoms with Gasteiger partial charge in [-0.15, -0.1) is 0 Å². The quantitative estimate of drug-likeness (QED) is 0.189. The maximum Gasteiger partial charge on any atom is 0.317 e. The van der Waals surface area contributed by atoms with Crippen LogP contribution in [0.25, 0.3) is 16.8 Å². The van der Waals surface area contributed by atoms with Gasteiger partial charge in [-0.05, 0) is 48.9 Å². The van der Waals surface area contributed by atoms with Gasteiger partial charge in [-0.1, -0.05) is 29.8 Å². The molecule has 0 N–H and O–H groups in total. The van der Waals surface area contributed by atoms with Gasteiger partial charge in [-0.3, -0.25) is 4.79 Å². The molecule has 0 aliphatic carbocycles. The molecule has 10 heteroatoms. The van der Waals surface area contributed by atoms with Crippen LogP contribution < -0.4 is 19.9 Å². The lowest BCUT2D eigenvalue weighted by Gasteiger charge is -2.12.